The fraction of sp³-hybridized carbons (Fsp3) is 0.364. The summed E-state index contributed by atoms with van der Waals surface area (Å²) in [4.78, 5) is 24.4. The van der Waals surface area contributed by atoms with E-state index in [1.807, 2.05) is 44.4 Å². The zero-order chi connectivity index (χ0) is 21.0. The summed E-state index contributed by atoms with van der Waals surface area (Å²) in [6, 6.07) is 8.23. The number of hydrogen-bond acceptors (Lipinski definition) is 6. The lowest BCUT2D eigenvalue weighted by Crippen LogP contribution is -2.54. The lowest BCUT2D eigenvalue weighted by molar-refractivity contribution is 0.407. The molecule has 4 aromatic rings. The molecule has 0 amide bonds. The van der Waals surface area contributed by atoms with Gasteiger partial charge in [0.05, 0.1) is 23.3 Å². The van der Waals surface area contributed by atoms with Crippen molar-refractivity contribution in [2.75, 3.05) is 18.0 Å². The highest BCUT2D eigenvalue weighted by Gasteiger charge is 2.21. The molecule has 0 unspecified atom stereocenters. The number of anilines is 1. The van der Waals surface area contributed by atoms with Crippen molar-refractivity contribution in [2.24, 2.45) is 0 Å². The summed E-state index contributed by atoms with van der Waals surface area (Å²) in [5, 5.41) is 8.15. The monoisotopic (exact) mass is 403 g/mol. The molecule has 2 atom stereocenters. The number of nitrogens with one attached hydrogen (secondary N) is 1. The summed E-state index contributed by atoms with van der Waals surface area (Å²) in [5.74, 6) is 0. The molecule has 0 radical (unpaired) electrons. The first-order chi connectivity index (χ1) is 14.4. The Hall–Kier alpha value is -3.26. The van der Waals surface area contributed by atoms with Crippen molar-refractivity contribution in [2.45, 2.75) is 39.8 Å². The third kappa shape index (κ3) is 3.23. The molecule has 1 aliphatic heterocycles. The van der Waals surface area contributed by atoms with E-state index < -0.39 is 0 Å². The quantitative estimate of drug-likeness (QED) is 0.553. The second kappa shape index (κ2) is 6.91. The minimum absolute atomic E-state index is 0.116. The molecular weight excluding hydrogens is 378 g/mol. The average molecular weight is 403 g/mol. The van der Waals surface area contributed by atoms with Gasteiger partial charge in [0.15, 0.2) is 5.65 Å². The highest BCUT2D eigenvalue weighted by Crippen LogP contribution is 2.21. The van der Waals surface area contributed by atoms with Gasteiger partial charge in [0.25, 0.3) is 5.56 Å². The fourth-order valence-electron chi connectivity index (χ4n) is 4.32. The molecule has 1 aliphatic rings. The summed E-state index contributed by atoms with van der Waals surface area (Å²) >= 11 is 0. The maximum Gasteiger partial charge on any atom is 0.258 e. The Kier molecular flexibility index (Phi) is 4.32. The summed E-state index contributed by atoms with van der Waals surface area (Å²) < 4.78 is 3.36. The molecule has 5 heterocycles. The van der Waals surface area contributed by atoms with Crippen molar-refractivity contribution in [3.63, 3.8) is 0 Å². The number of aryl methyl sites for hydroxylation is 2. The van der Waals surface area contributed by atoms with Crippen LogP contribution in [0.3, 0.4) is 0 Å². The molecule has 8 nitrogen and oxygen atoms in total. The first-order valence-corrected chi connectivity index (χ1v) is 10.3. The van der Waals surface area contributed by atoms with E-state index in [1.165, 1.54) is 0 Å². The normalized spacial score (nSPS) is 19.7. The van der Waals surface area contributed by atoms with E-state index in [9.17, 15) is 4.79 Å². The molecule has 1 fully saturated rings. The second-order valence-electron chi connectivity index (χ2n) is 8.33. The van der Waals surface area contributed by atoms with E-state index in [2.05, 4.69) is 34.1 Å². The van der Waals surface area contributed by atoms with Crippen LogP contribution in [-0.2, 0) is 0 Å². The van der Waals surface area contributed by atoms with E-state index in [1.54, 1.807) is 15.0 Å². The van der Waals surface area contributed by atoms with Crippen molar-refractivity contribution in [1.82, 2.24) is 29.3 Å². The molecule has 0 saturated carbocycles. The Bertz CT molecular complexity index is 1310. The van der Waals surface area contributed by atoms with Crippen LogP contribution in [0.5, 0.6) is 0 Å². The smallest absolute Gasteiger partial charge is 0.258 e. The number of piperazine rings is 1. The number of hydrogen-bond donors (Lipinski definition) is 1. The number of nitrogens with zero attached hydrogens (tertiary/aromatic N) is 6. The third-order valence-electron chi connectivity index (χ3n) is 5.56. The topological polar surface area (TPSA) is 79.8 Å². The van der Waals surface area contributed by atoms with Crippen molar-refractivity contribution >= 4 is 17.0 Å². The molecule has 0 spiro atoms. The summed E-state index contributed by atoms with van der Waals surface area (Å²) in [6.07, 6.45) is 3.77. The first-order valence-electron chi connectivity index (χ1n) is 10.3. The Morgan fingerprint density at radius 1 is 1.00 bits per heavy atom. The van der Waals surface area contributed by atoms with Gasteiger partial charge in [0, 0.05) is 37.4 Å². The molecule has 30 heavy (non-hydrogen) atoms. The van der Waals surface area contributed by atoms with Crippen molar-refractivity contribution in [3.05, 3.63) is 58.3 Å². The Labute approximate surface area is 174 Å². The van der Waals surface area contributed by atoms with Gasteiger partial charge >= 0.3 is 0 Å². The van der Waals surface area contributed by atoms with Crippen LogP contribution in [0.2, 0.25) is 0 Å². The van der Waals surface area contributed by atoms with Crippen molar-refractivity contribution in [1.29, 1.82) is 0 Å². The molecule has 8 heteroatoms. The largest absolute Gasteiger partial charge is 0.367 e. The minimum atomic E-state index is -0.116. The van der Waals surface area contributed by atoms with E-state index >= 15 is 0 Å². The van der Waals surface area contributed by atoms with Gasteiger partial charge in [0.2, 0.25) is 0 Å². The van der Waals surface area contributed by atoms with Crippen molar-refractivity contribution in [3.8, 4) is 11.4 Å². The fourth-order valence-corrected chi connectivity index (χ4v) is 4.32. The molecule has 1 saturated heterocycles. The van der Waals surface area contributed by atoms with E-state index in [0.717, 1.165) is 35.7 Å². The lowest BCUT2D eigenvalue weighted by atomic mass is 10.1. The van der Waals surface area contributed by atoms with Gasteiger partial charge in [-0.15, -0.1) is 0 Å². The standard InChI is InChI=1S/C22H25N7O/c1-13-7-19(26-29-11-16(4)24-22(13)29)18-8-21(30)28-12-17(5-6-20(28)25-18)27-9-14(2)23-15(3)10-27/h5-8,11-12,14-15,23H,9-10H2,1-4H3/t14-,15-/m0/s1. The molecule has 0 bridgehead atoms. The minimum Gasteiger partial charge on any atom is -0.367 e. The highest BCUT2D eigenvalue weighted by molar-refractivity contribution is 5.62. The van der Waals surface area contributed by atoms with E-state index in [-0.39, 0.29) is 5.56 Å². The zero-order valence-electron chi connectivity index (χ0n) is 17.6. The van der Waals surface area contributed by atoms with Gasteiger partial charge < -0.3 is 10.2 Å². The van der Waals surface area contributed by atoms with Crippen LogP contribution in [0.25, 0.3) is 22.7 Å². The van der Waals surface area contributed by atoms with E-state index in [0.29, 0.717) is 29.1 Å². The molecule has 154 valence electrons. The van der Waals surface area contributed by atoms with E-state index in [4.69, 9.17) is 4.98 Å². The van der Waals surface area contributed by atoms with Crippen LogP contribution in [0.1, 0.15) is 25.1 Å². The highest BCUT2D eigenvalue weighted by atomic mass is 16.1. The summed E-state index contributed by atoms with van der Waals surface area (Å²) in [6.45, 7) is 10.1. The van der Waals surface area contributed by atoms with Crippen LogP contribution >= 0.6 is 0 Å². The first kappa shape index (κ1) is 18.7. The Balaban J connectivity index is 1.57. The molecule has 0 aliphatic carbocycles. The number of pyridine rings is 1. The number of rotatable bonds is 2. The van der Waals surface area contributed by atoms with Crippen LogP contribution in [0.4, 0.5) is 5.69 Å². The van der Waals surface area contributed by atoms with Crippen molar-refractivity contribution < 1.29 is 0 Å². The zero-order valence-corrected chi connectivity index (χ0v) is 17.6. The molecule has 4 aromatic heterocycles. The summed E-state index contributed by atoms with van der Waals surface area (Å²) in [7, 11) is 0. The lowest BCUT2D eigenvalue weighted by Gasteiger charge is -2.37. The predicted molar refractivity (Wildman–Crippen MR) is 117 cm³/mol. The Morgan fingerprint density at radius 3 is 2.53 bits per heavy atom. The molecule has 1 N–H and O–H groups in total. The molecule has 0 aromatic carbocycles. The van der Waals surface area contributed by atoms with Gasteiger partial charge in [-0.05, 0) is 51.5 Å². The van der Waals surface area contributed by atoms with Gasteiger partial charge in [-0.25, -0.2) is 14.5 Å². The van der Waals surface area contributed by atoms with Gasteiger partial charge in [-0.2, -0.15) is 5.10 Å². The number of fused-ring (bicyclic) bond motifs is 2. The van der Waals surface area contributed by atoms with Gasteiger partial charge in [0.1, 0.15) is 11.3 Å². The van der Waals surface area contributed by atoms with Crippen LogP contribution in [-0.4, -0.2) is 49.2 Å². The van der Waals surface area contributed by atoms with Crippen LogP contribution < -0.4 is 15.8 Å². The predicted octanol–water partition coefficient (Wildman–Crippen LogP) is 2.21. The van der Waals surface area contributed by atoms with Crippen LogP contribution in [0.15, 0.2) is 41.5 Å². The summed E-state index contributed by atoms with van der Waals surface area (Å²) in [5.41, 5.74) is 5.46. The van der Waals surface area contributed by atoms with Gasteiger partial charge in [-0.3, -0.25) is 9.20 Å². The second-order valence-corrected chi connectivity index (χ2v) is 8.33. The SMILES string of the molecule is Cc1cn2nc(-c3cc(=O)n4cc(N5C[C@H](C)N[C@@H](C)C5)ccc4n3)cc(C)c2n1. The maximum atomic E-state index is 12.9. The molecular formula is C22H25N7O. The van der Waals surface area contributed by atoms with Gasteiger partial charge in [-0.1, -0.05) is 0 Å². The number of imidazole rings is 1. The maximum absolute atomic E-state index is 12.9. The number of aromatic nitrogens is 5. The average Bonchev–Trinajstić information content (AvgIpc) is 3.08. The molecule has 5 rings (SSSR count). The third-order valence-corrected chi connectivity index (χ3v) is 5.56. The Morgan fingerprint density at radius 2 is 1.77 bits per heavy atom. The van der Waals surface area contributed by atoms with Crippen LogP contribution in [0, 0.1) is 13.8 Å².